The molecule has 1 aliphatic carbocycles. The highest BCUT2D eigenvalue weighted by molar-refractivity contribution is 7.22. The zero-order valence-corrected chi connectivity index (χ0v) is 38.6. The van der Waals surface area contributed by atoms with E-state index >= 15 is 0 Å². The fraction of sp³-hybridized carbons (Fsp3) is 0.0462. The van der Waals surface area contributed by atoms with Crippen LogP contribution in [0, 0.1) is 0 Å². The second kappa shape index (κ2) is 15.3. The van der Waals surface area contributed by atoms with Gasteiger partial charge in [0.25, 0.3) is 0 Å². The molecule has 13 rings (SSSR count). The Morgan fingerprint density at radius 3 is 1.57 bits per heavy atom. The standard InChI is InChI=1S/C65H47NSi/c1-65(2)59-31-15-14-28-56(59)57-39-37-49(42-60(57)65)66(48-35-32-46(33-36-48)54-30-17-22-47-21-16-29-53(63(47)54)44-18-6-3-7-19-44)50-38-40-58-62(43-50)67(51-23-8-4-9-24-51,52-25-10-5-11-26-52)61-41-34-45-20-12-13-27-55(45)64(58)61/h3-43H,1-2H3. The van der Waals surface area contributed by atoms with Crippen LogP contribution in [0.15, 0.2) is 249 Å². The lowest BCUT2D eigenvalue weighted by Crippen LogP contribution is -2.72. The first-order valence-corrected chi connectivity index (χ1v) is 25.5. The van der Waals surface area contributed by atoms with Crippen molar-refractivity contribution >= 4 is 67.4 Å². The fourth-order valence-electron chi connectivity index (χ4n) is 11.9. The van der Waals surface area contributed by atoms with Gasteiger partial charge in [-0.3, -0.25) is 0 Å². The van der Waals surface area contributed by atoms with Gasteiger partial charge in [-0.1, -0.05) is 226 Å². The SMILES string of the molecule is CC1(C)c2ccccc2-c2ccc(N(c3ccc(-c4cccc5cccc(-c6ccccc6)c45)cc3)c3ccc4c(c3)[Si](c3ccccc3)(c3ccccc3)c3ccc5ccccc5c3-4)cc21. The van der Waals surface area contributed by atoms with E-state index in [1.165, 1.54) is 97.9 Å². The molecule has 0 saturated heterocycles. The highest BCUT2D eigenvalue weighted by atomic mass is 28.3. The first-order valence-electron chi connectivity index (χ1n) is 23.5. The van der Waals surface area contributed by atoms with E-state index in [9.17, 15) is 0 Å². The molecule has 1 aliphatic heterocycles. The zero-order chi connectivity index (χ0) is 44.7. The monoisotopic (exact) mass is 869 g/mol. The van der Waals surface area contributed by atoms with Crippen LogP contribution in [0.4, 0.5) is 17.1 Å². The van der Waals surface area contributed by atoms with Gasteiger partial charge in [-0.15, -0.1) is 0 Å². The number of hydrogen-bond donors (Lipinski definition) is 0. The van der Waals surface area contributed by atoms with Gasteiger partial charge in [-0.05, 0) is 134 Å². The van der Waals surface area contributed by atoms with Gasteiger partial charge in [0.05, 0.1) is 0 Å². The first-order chi connectivity index (χ1) is 33.0. The van der Waals surface area contributed by atoms with Crippen LogP contribution in [0.2, 0.25) is 0 Å². The summed E-state index contributed by atoms with van der Waals surface area (Å²) < 4.78 is 0. The molecule has 11 aromatic rings. The lowest BCUT2D eigenvalue weighted by Gasteiger charge is -2.33. The van der Waals surface area contributed by atoms with Gasteiger partial charge in [0.2, 0.25) is 0 Å². The molecule has 0 amide bonds. The molecule has 0 N–H and O–H groups in total. The molecule has 0 bridgehead atoms. The van der Waals surface area contributed by atoms with Crippen LogP contribution < -0.4 is 25.6 Å². The van der Waals surface area contributed by atoms with Gasteiger partial charge in [0.1, 0.15) is 0 Å². The molecule has 316 valence electrons. The molecule has 0 aromatic heterocycles. The summed E-state index contributed by atoms with van der Waals surface area (Å²) in [7, 11) is -2.84. The summed E-state index contributed by atoms with van der Waals surface area (Å²) in [6.07, 6.45) is 0. The summed E-state index contributed by atoms with van der Waals surface area (Å²) in [4.78, 5) is 2.51. The maximum Gasteiger partial charge on any atom is 0.180 e. The zero-order valence-electron chi connectivity index (χ0n) is 37.6. The van der Waals surface area contributed by atoms with Crippen LogP contribution in [-0.2, 0) is 5.41 Å². The largest absolute Gasteiger partial charge is 0.310 e. The van der Waals surface area contributed by atoms with Crippen molar-refractivity contribution in [2.24, 2.45) is 0 Å². The molecule has 0 unspecified atom stereocenters. The molecule has 2 aliphatic rings. The van der Waals surface area contributed by atoms with Crippen molar-refractivity contribution in [3.63, 3.8) is 0 Å². The van der Waals surface area contributed by atoms with Crippen LogP contribution in [0.1, 0.15) is 25.0 Å². The Morgan fingerprint density at radius 2 is 0.866 bits per heavy atom. The van der Waals surface area contributed by atoms with Crippen LogP contribution in [-0.4, -0.2) is 8.07 Å². The summed E-state index contributed by atoms with van der Waals surface area (Å²) in [5.74, 6) is 0. The van der Waals surface area contributed by atoms with Crippen molar-refractivity contribution in [2.45, 2.75) is 19.3 Å². The average molecular weight is 870 g/mol. The minimum atomic E-state index is -2.84. The van der Waals surface area contributed by atoms with Crippen molar-refractivity contribution in [3.05, 3.63) is 260 Å². The van der Waals surface area contributed by atoms with Gasteiger partial charge in [-0.2, -0.15) is 0 Å². The summed E-state index contributed by atoms with van der Waals surface area (Å²) in [5.41, 5.74) is 16.3. The third-order valence-electron chi connectivity index (χ3n) is 14.9. The molecule has 0 atom stereocenters. The quantitative estimate of drug-likeness (QED) is 0.144. The number of hydrogen-bond acceptors (Lipinski definition) is 1. The van der Waals surface area contributed by atoms with E-state index in [1.54, 1.807) is 0 Å². The molecule has 2 heteroatoms. The Kier molecular flexibility index (Phi) is 8.97. The molecule has 0 saturated carbocycles. The molecule has 1 heterocycles. The molecule has 1 nitrogen and oxygen atoms in total. The second-order valence-corrected chi connectivity index (χ2v) is 22.5. The minimum absolute atomic E-state index is 0.147. The second-order valence-electron chi connectivity index (χ2n) is 18.8. The average Bonchev–Trinajstić information content (AvgIpc) is 3.82. The molecule has 0 fully saturated rings. The van der Waals surface area contributed by atoms with Crippen molar-refractivity contribution in [1.82, 2.24) is 0 Å². The minimum Gasteiger partial charge on any atom is -0.310 e. The van der Waals surface area contributed by atoms with E-state index < -0.39 is 8.07 Å². The predicted molar refractivity (Wildman–Crippen MR) is 287 cm³/mol. The Hall–Kier alpha value is -8.04. The Labute approximate surface area is 393 Å². The Balaban J connectivity index is 1.05. The van der Waals surface area contributed by atoms with Crippen molar-refractivity contribution < 1.29 is 0 Å². The molecule has 0 radical (unpaired) electrons. The predicted octanol–water partition coefficient (Wildman–Crippen LogP) is 14.5. The molecular formula is C65H47NSi. The smallest absolute Gasteiger partial charge is 0.180 e. The van der Waals surface area contributed by atoms with Gasteiger partial charge >= 0.3 is 0 Å². The number of benzene rings is 11. The van der Waals surface area contributed by atoms with E-state index in [1.807, 2.05) is 0 Å². The van der Waals surface area contributed by atoms with E-state index in [0.717, 1.165) is 17.1 Å². The third kappa shape index (κ3) is 5.93. The first kappa shape index (κ1) is 39.3. The summed E-state index contributed by atoms with van der Waals surface area (Å²) >= 11 is 0. The van der Waals surface area contributed by atoms with Gasteiger partial charge in [-0.25, -0.2) is 0 Å². The van der Waals surface area contributed by atoms with Gasteiger partial charge in [0.15, 0.2) is 8.07 Å². The van der Waals surface area contributed by atoms with Crippen LogP contribution >= 0.6 is 0 Å². The molecule has 67 heavy (non-hydrogen) atoms. The van der Waals surface area contributed by atoms with Crippen LogP contribution in [0.25, 0.3) is 66.1 Å². The van der Waals surface area contributed by atoms with Gasteiger partial charge < -0.3 is 4.90 Å². The van der Waals surface area contributed by atoms with Crippen LogP contribution in [0.5, 0.6) is 0 Å². The topological polar surface area (TPSA) is 3.24 Å². The summed E-state index contributed by atoms with van der Waals surface area (Å²) in [6.45, 7) is 4.76. The molecule has 0 spiro atoms. The summed E-state index contributed by atoms with van der Waals surface area (Å²) in [6, 6.07) is 93.5. The lowest BCUT2D eigenvalue weighted by molar-refractivity contribution is 0.660. The van der Waals surface area contributed by atoms with Crippen molar-refractivity contribution in [1.29, 1.82) is 0 Å². The van der Waals surface area contributed by atoms with E-state index in [4.69, 9.17) is 0 Å². The van der Waals surface area contributed by atoms with Crippen molar-refractivity contribution in [3.8, 4) is 44.5 Å². The number of rotatable bonds is 7. The van der Waals surface area contributed by atoms with E-state index in [-0.39, 0.29) is 5.41 Å². The van der Waals surface area contributed by atoms with E-state index in [2.05, 4.69) is 267 Å². The highest BCUT2D eigenvalue weighted by Crippen LogP contribution is 2.51. The number of fused-ring (bicyclic) bond motifs is 9. The Bertz CT molecular complexity index is 3660. The maximum atomic E-state index is 2.56. The normalized spacial score (nSPS) is 13.8. The molecule has 11 aromatic carbocycles. The molecular weight excluding hydrogens is 823 g/mol. The number of nitrogens with zero attached hydrogens (tertiary/aromatic N) is 1. The number of anilines is 3. The van der Waals surface area contributed by atoms with E-state index in [0.29, 0.717) is 0 Å². The lowest BCUT2D eigenvalue weighted by atomic mass is 9.82. The van der Waals surface area contributed by atoms with Crippen LogP contribution in [0.3, 0.4) is 0 Å². The fourth-order valence-corrected chi connectivity index (χ4v) is 17.1. The van der Waals surface area contributed by atoms with Crippen molar-refractivity contribution in [2.75, 3.05) is 4.90 Å². The van der Waals surface area contributed by atoms with Gasteiger partial charge in [0, 0.05) is 22.5 Å². The Morgan fingerprint density at radius 1 is 0.343 bits per heavy atom. The third-order valence-corrected chi connectivity index (χ3v) is 19.8. The maximum absolute atomic E-state index is 2.84. The highest BCUT2D eigenvalue weighted by Gasteiger charge is 2.49. The summed E-state index contributed by atoms with van der Waals surface area (Å²) in [5, 5.41) is 10.8.